The molecule has 1 N–H and O–H groups in total. The molecule has 1 amide bonds. The quantitative estimate of drug-likeness (QED) is 0.808. The number of aliphatic hydroxyl groups excluding tert-OH is 1. The molecule has 1 saturated heterocycles. The Morgan fingerprint density at radius 2 is 2.12 bits per heavy atom. The number of hydrogen-bond acceptors (Lipinski definition) is 5. The van der Waals surface area contributed by atoms with E-state index < -0.39 is 24.2 Å². The van der Waals surface area contributed by atoms with Crippen LogP contribution in [-0.2, 0) is 10.3 Å². The summed E-state index contributed by atoms with van der Waals surface area (Å²) in [6.45, 7) is 0.824. The predicted molar refractivity (Wildman–Crippen MR) is 82.4 cm³/mol. The number of hydrogen-bond donors (Lipinski definition) is 1. The van der Waals surface area contributed by atoms with Gasteiger partial charge in [-0.25, -0.2) is 0 Å². The molecular formula is C17H15F3N2O4. The molecule has 0 unspecified atom stereocenters. The fraction of sp³-hybridized carbons (Fsp3) is 0.412. The zero-order valence-electron chi connectivity index (χ0n) is 13.8. The Kier molecular flexibility index (Phi) is 4.22. The molecule has 1 aromatic rings. The van der Waals surface area contributed by atoms with Crippen molar-refractivity contribution in [1.82, 2.24) is 4.90 Å². The van der Waals surface area contributed by atoms with Gasteiger partial charge in [-0.2, -0.15) is 18.4 Å². The average Bonchev–Trinajstić information content (AvgIpc) is 3.29. The molecule has 0 bridgehead atoms. The van der Waals surface area contributed by atoms with Gasteiger partial charge in [0.1, 0.15) is 23.3 Å². The number of halogens is 3. The summed E-state index contributed by atoms with van der Waals surface area (Å²) in [5.74, 6) is -0.615. The van der Waals surface area contributed by atoms with Gasteiger partial charge in [-0.1, -0.05) is 0 Å². The van der Waals surface area contributed by atoms with Gasteiger partial charge in [-0.3, -0.25) is 4.79 Å². The second-order valence-corrected chi connectivity index (χ2v) is 6.03. The molecule has 9 heteroatoms. The van der Waals surface area contributed by atoms with Gasteiger partial charge in [-0.05, 0) is 19.1 Å². The first-order chi connectivity index (χ1) is 12.2. The molecule has 2 heterocycles. The molecule has 1 aromatic carbocycles. The van der Waals surface area contributed by atoms with E-state index in [1.807, 2.05) is 0 Å². The Hall–Kier alpha value is -2.89. The first-order valence-electron chi connectivity index (χ1n) is 7.83. The molecule has 6 nitrogen and oxygen atoms in total. The van der Waals surface area contributed by atoms with E-state index in [2.05, 4.69) is 0 Å². The lowest BCUT2D eigenvalue weighted by molar-refractivity contribution is -0.153. The number of amides is 1. The normalized spacial score (nSPS) is 22.0. The number of alkyl halides is 3. The van der Waals surface area contributed by atoms with Crippen LogP contribution in [0.5, 0.6) is 11.5 Å². The fourth-order valence-electron chi connectivity index (χ4n) is 3.12. The molecule has 0 radical (unpaired) electrons. The maximum Gasteiger partial charge on any atom is 0.422 e. The van der Waals surface area contributed by atoms with Crippen LogP contribution >= 0.6 is 0 Å². The van der Waals surface area contributed by atoms with Gasteiger partial charge < -0.3 is 19.5 Å². The number of ether oxygens (including phenoxy) is 2. The Morgan fingerprint density at radius 1 is 1.38 bits per heavy atom. The number of rotatable bonds is 5. The first kappa shape index (κ1) is 17.9. The predicted octanol–water partition coefficient (Wildman–Crippen LogP) is 2.80. The zero-order valence-corrected chi connectivity index (χ0v) is 13.8. The summed E-state index contributed by atoms with van der Waals surface area (Å²) in [6.07, 6.45) is -4.42. The van der Waals surface area contributed by atoms with Gasteiger partial charge in [0.2, 0.25) is 0 Å². The van der Waals surface area contributed by atoms with Gasteiger partial charge in [0.05, 0.1) is 18.7 Å². The lowest BCUT2D eigenvalue weighted by Gasteiger charge is -2.25. The lowest BCUT2D eigenvalue weighted by Crippen LogP contribution is -2.29. The summed E-state index contributed by atoms with van der Waals surface area (Å²) >= 11 is 0. The molecular weight excluding hydrogens is 353 g/mol. The van der Waals surface area contributed by atoms with Gasteiger partial charge in [0.15, 0.2) is 12.2 Å². The van der Waals surface area contributed by atoms with Gasteiger partial charge >= 0.3 is 6.18 Å². The van der Waals surface area contributed by atoms with Crippen molar-refractivity contribution in [3.05, 3.63) is 35.1 Å². The number of carbonyl (C=O) groups is 1. The van der Waals surface area contributed by atoms with E-state index in [4.69, 9.17) is 14.7 Å². The van der Waals surface area contributed by atoms with E-state index >= 15 is 0 Å². The van der Waals surface area contributed by atoms with Crippen LogP contribution in [0.2, 0.25) is 0 Å². The highest BCUT2D eigenvalue weighted by Crippen LogP contribution is 2.54. The van der Waals surface area contributed by atoms with Gasteiger partial charge in [0, 0.05) is 18.1 Å². The largest absolute Gasteiger partial charge is 0.511 e. The van der Waals surface area contributed by atoms with Crippen LogP contribution in [0.3, 0.4) is 0 Å². The Morgan fingerprint density at radius 3 is 2.73 bits per heavy atom. The third-order valence-electron chi connectivity index (χ3n) is 4.31. The summed E-state index contributed by atoms with van der Waals surface area (Å²) in [7, 11) is 0. The first-order valence-corrected chi connectivity index (χ1v) is 7.83. The Labute approximate surface area is 147 Å². The maximum atomic E-state index is 12.3. The average molecular weight is 368 g/mol. The van der Waals surface area contributed by atoms with Crippen molar-refractivity contribution in [3.8, 4) is 17.6 Å². The van der Waals surface area contributed by atoms with Crippen molar-refractivity contribution in [1.29, 1.82) is 5.26 Å². The van der Waals surface area contributed by atoms with Crippen molar-refractivity contribution >= 4 is 5.91 Å². The lowest BCUT2D eigenvalue weighted by atomic mass is 9.90. The molecule has 1 fully saturated rings. The van der Waals surface area contributed by atoms with Crippen molar-refractivity contribution in [2.75, 3.05) is 19.8 Å². The fourth-order valence-corrected chi connectivity index (χ4v) is 3.12. The molecule has 2 aliphatic rings. The highest BCUT2D eigenvalue weighted by molar-refractivity contribution is 6.01. The summed E-state index contributed by atoms with van der Waals surface area (Å²) in [5, 5.41) is 19.0. The minimum Gasteiger partial charge on any atom is -0.511 e. The van der Waals surface area contributed by atoms with Crippen LogP contribution in [0.25, 0.3) is 0 Å². The van der Waals surface area contributed by atoms with Crippen LogP contribution in [0, 0.1) is 11.3 Å². The van der Waals surface area contributed by atoms with Gasteiger partial charge in [-0.15, -0.1) is 0 Å². The summed E-state index contributed by atoms with van der Waals surface area (Å²) < 4.78 is 47.2. The summed E-state index contributed by atoms with van der Waals surface area (Å²) in [5.41, 5.74) is -0.592. The number of aliphatic hydroxyl groups is 1. The van der Waals surface area contributed by atoms with E-state index in [-0.39, 0.29) is 42.4 Å². The number of carbonyl (C=O) groups excluding carboxylic acids is 1. The second kappa shape index (κ2) is 6.12. The minimum absolute atomic E-state index is 0.0160. The third kappa shape index (κ3) is 3.03. The van der Waals surface area contributed by atoms with E-state index in [1.54, 1.807) is 13.0 Å². The van der Waals surface area contributed by atoms with Crippen molar-refractivity contribution in [2.24, 2.45) is 0 Å². The van der Waals surface area contributed by atoms with Crippen molar-refractivity contribution in [3.63, 3.8) is 0 Å². The van der Waals surface area contributed by atoms with Crippen LogP contribution in [0.4, 0.5) is 13.2 Å². The second-order valence-electron chi connectivity index (χ2n) is 6.03. The summed E-state index contributed by atoms with van der Waals surface area (Å²) in [4.78, 5) is 13.7. The maximum absolute atomic E-state index is 12.3. The van der Waals surface area contributed by atoms with E-state index in [0.29, 0.717) is 5.56 Å². The molecule has 138 valence electrons. The molecule has 26 heavy (non-hydrogen) atoms. The number of nitrogens with zero attached hydrogens (tertiary/aromatic N) is 2. The van der Waals surface area contributed by atoms with Crippen LogP contribution in [0.15, 0.2) is 29.5 Å². The molecule has 1 atom stereocenters. The van der Waals surface area contributed by atoms with Crippen LogP contribution < -0.4 is 9.47 Å². The highest BCUT2D eigenvalue weighted by atomic mass is 19.4. The van der Waals surface area contributed by atoms with Crippen LogP contribution in [0.1, 0.15) is 18.9 Å². The third-order valence-corrected chi connectivity index (χ3v) is 4.31. The minimum atomic E-state index is -4.46. The van der Waals surface area contributed by atoms with Gasteiger partial charge in [0.25, 0.3) is 5.91 Å². The molecule has 0 saturated carbocycles. The topological polar surface area (TPSA) is 82.6 Å². The number of fused-ring (bicyclic) bond motifs is 1. The zero-order chi connectivity index (χ0) is 19.1. The molecule has 3 rings (SSSR count). The molecule has 0 aliphatic carbocycles. The number of nitriles is 1. The van der Waals surface area contributed by atoms with Crippen LogP contribution in [-0.4, -0.2) is 41.8 Å². The smallest absolute Gasteiger partial charge is 0.422 e. The van der Waals surface area contributed by atoms with E-state index in [0.717, 1.165) is 0 Å². The molecule has 0 spiro atoms. The molecule has 2 aliphatic heterocycles. The Bertz CT molecular complexity index is 828. The van der Waals surface area contributed by atoms with Crippen molar-refractivity contribution < 1.29 is 32.5 Å². The van der Waals surface area contributed by atoms with E-state index in [9.17, 15) is 23.1 Å². The SMILES string of the molecule is CCOc1cc(OCC(F)(F)F)ccc1[C@@]12CC(O)=C(C#N)C(=O)N1C2. The highest BCUT2D eigenvalue weighted by Gasteiger charge is 2.61. The van der Waals surface area contributed by atoms with Crippen molar-refractivity contribution in [2.45, 2.75) is 25.1 Å². The van der Waals surface area contributed by atoms with E-state index in [1.165, 1.54) is 23.1 Å². The summed E-state index contributed by atoms with van der Waals surface area (Å²) in [6, 6.07) is 5.91. The standard InChI is InChI=1S/C17H15F3N2O4/c1-2-25-14-5-10(26-9-17(18,19)20)3-4-12(14)16-6-13(23)11(7-21)15(24)22(16)8-16/h3-5,23H,2,6,8-9H2,1H3/t16-,22?/m0/s1. The molecule has 0 aromatic heterocycles. The Balaban J connectivity index is 1.93. The monoisotopic (exact) mass is 368 g/mol. The number of benzene rings is 1.